The van der Waals surface area contributed by atoms with Crippen LogP contribution in [0.15, 0.2) is 52.5 Å². The fourth-order valence-electron chi connectivity index (χ4n) is 2.52. The number of nitrogens with zero attached hydrogens (tertiary/aromatic N) is 2. The summed E-state index contributed by atoms with van der Waals surface area (Å²) in [5.74, 6) is 0.740. The molecule has 126 valence electrons. The van der Waals surface area contributed by atoms with Crippen LogP contribution in [-0.4, -0.2) is 29.5 Å². The van der Waals surface area contributed by atoms with Crippen LogP contribution in [0.1, 0.15) is 6.42 Å². The quantitative estimate of drug-likeness (QED) is 0.814. The molecule has 0 aliphatic carbocycles. The van der Waals surface area contributed by atoms with Gasteiger partial charge in [-0.25, -0.2) is 4.84 Å². The van der Waals surface area contributed by atoms with E-state index in [4.69, 9.17) is 21.4 Å². The molecule has 24 heavy (non-hydrogen) atoms. The second-order valence-corrected chi connectivity index (χ2v) is 5.84. The molecule has 1 aliphatic rings. The van der Waals surface area contributed by atoms with Gasteiger partial charge < -0.3 is 14.1 Å². The first-order valence-corrected chi connectivity index (χ1v) is 7.99. The standard InChI is InChI=1S/C17H18ClN3O3/c1-21-10-12(6-7-17(21)22)15-4-2-3-5-16(15)23-11-14-8-13(9-19-18)20-24-14/h2-7,10,14,19H,8-9,11H2,1H3. The topological polar surface area (TPSA) is 64.8 Å². The molecule has 7 heteroatoms. The molecular weight excluding hydrogens is 330 g/mol. The van der Waals surface area contributed by atoms with Crippen LogP contribution in [0.2, 0.25) is 0 Å². The van der Waals surface area contributed by atoms with Gasteiger partial charge >= 0.3 is 0 Å². The molecule has 2 heterocycles. The average molecular weight is 348 g/mol. The third-order valence-electron chi connectivity index (χ3n) is 3.77. The van der Waals surface area contributed by atoms with Crippen LogP contribution >= 0.6 is 11.8 Å². The number of ether oxygens (including phenoxy) is 1. The first-order chi connectivity index (χ1) is 11.7. The summed E-state index contributed by atoms with van der Waals surface area (Å²) >= 11 is 5.47. The molecular formula is C17H18ClN3O3. The fraction of sp³-hybridized carbons (Fsp3) is 0.294. The Morgan fingerprint density at radius 3 is 3.00 bits per heavy atom. The highest BCUT2D eigenvalue weighted by atomic mass is 35.5. The summed E-state index contributed by atoms with van der Waals surface area (Å²) in [5.41, 5.74) is 2.66. The molecule has 6 nitrogen and oxygen atoms in total. The number of hydrogen-bond donors (Lipinski definition) is 1. The Morgan fingerprint density at radius 2 is 2.21 bits per heavy atom. The molecule has 0 amide bonds. The average Bonchev–Trinajstić information content (AvgIpc) is 3.04. The first kappa shape index (κ1) is 16.5. The Bertz CT molecular complexity index is 804. The molecule has 1 aromatic heterocycles. The summed E-state index contributed by atoms with van der Waals surface area (Å²) in [5, 5.41) is 3.97. The van der Waals surface area contributed by atoms with E-state index in [-0.39, 0.29) is 11.7 Å². The number of aryl methyl sites for hydroxylation is 1. The number of nitrogens with one attached hydrogen (secondary N) is 1. The zero-order chi connectivity index (χ0) is 16.9. The SMILES string of the molecule is Cn1cc(-c2ccccc2OCC2CC(CNCl)=NO2)ccc1=O. The van der Waals surface area contributed by atoms with E-state index in [9.17, 15) is 4.79 Å². The Balaban J connectivity index is 1.71. The highest BCUT2D eigenvalue weighted by Gasteiger charge is 2.21. The molecule has 0 bridgehead atoms. The van der Waals surface area contributed by atoms with Gasteiger partial charge in [0.25, 0.3) is 0 Å². The molecule has 0 saturated carbocycles. The molecule has 1 atom stereocenters. The molecule has 2 aromatic rings. The summed E-state index contributed by atoms with van der Waals surface area (Å²) < 4.78 is 7.48. The van der Waals surface area contributed by atoms with Crippen molar-refractivity contribution in [1.82, 2.24) is 9.40 Å². The van der Waals surface area contributed by atoms with Gasteiger partial charge in [0.15, 0.2) is 6.10 Å². The van der Waals surface area contributed by atoms with Gasteiger partial charge in [0, 0.05) is 36.9 Å². The molecule has 0 fully saturated rings. The number of para-hydroxylation sites is 1. The van der Waals surface area contributed by atoms with Crippen LogP contribution in [0.4, 0.5) is 0 Å². The Morgan fingerprint density at radius 1 is 1.38 bits per heavy atom. The van der Waals surface area contributed by atoms with Crippen molar-refractivity contribution in [2.24, 2.45) is 12.2 Å². The largest absolute Gasteiger partial charge is 0.489 e. The fourth-order valence-corrected chi connectivity index (χ4v) is 2.68. The van der Waals surface area contributed by atoms with Gasteiger partial charge in [-0.05, 0) is 23.9 Å². The lowest BCUT2D eigenvalue weighted by Gasteiger charge is -2.14. The van der Waals surface area contributed by atoms with Gasteiger partial charge in [-0.2, -0.15) is 0 Å². The highest BCUT2D eigenvalue weighted by molar-refractivity contribution is 6.14. The van der Waals surface area contributed by atoms with Crippen LogP contribution in [0.3, 0.4) is 0 Å². The minimum atomic E-state index is -0.127. The Hall–Kier alpha value is -2.31. The number of halogens is 1. The van der Waals surface area contributed by atoms with Gasteiger partial charge in [-0.1, -0.05) is 23.4 Å². The van der Waals surface area contributed by atoms with Crippen molar-refractivity contribution < 1.29 is 9.57 Å². The monoisotopic (exact) mass is 347 g/mol. The predicted molar refractivity (Wildman–Crippen MR) is 93.4 cm³/mol. The normalized spacial score (nSPS) is 16.6. The first-order valence-electron chi connectivity index (χ1n) is 7.61. The highest BCUT2D eigenvalue weighted by Crippen LogP contribution is 2.29. The summed E-state index contributed by atoms with van der Waals surface area (Å²) in [4.78, 5) is 19.4. The maximum absolute atomic E-state index is 11.6. The lowest BCUT2D eigenvalue weighted by Crippen LogP contribution is -2.21. The van der Waals surface area contributed by atoms with Crippen LogP contribution in [0, 0.1) is 0 Å². The van der Waals surface area contributed by atoms with Crippen LogP contribution in [0.5, 0.6) is 5.75 Å². The van der Waals surface area contributed by atoms with E-state index in [1.807, 2.05) is 24.3 Å². The molecule has 0 saturated heterocycles. The van der Waals surface area contributed by atoms with E-state index in [1.165, 1.54) is 0 Å². The van der Waals surface area contributed by atoms with E-state index in [0.717, 1.165) is 22.6 Å². The minimum Gasteiger partial charge on any atom is -0.489 e. The second-order valence-electron chi connectivity index (χ2n) is 5.57. The molecule has 1 unspecified atom stereocenters. The van der Waals surface area contributed by atoms with Crippen molar-refractivity contribution in [3.8, 4) is 16.9 Å². The van der Waals surface area contributed by atoms with Crippen molar-refractivity contribution in [3.05, 3.63) is 52.9 Å². The summed E-state index contributed by atoms with van der Waals surface area (Å²) in [7, 11) is 1.73. The molecule has 1 aliphatic heterocycles. The maximum atomic E-state index is 11.6. The second kappa shape index (κ2) is 7.51. The van der Waals surface area contributed by atoms with Crippen molar-refractivity contribution in [2.45, 2.75) is 12.5 Å². The molecule has 3 rings (SSSR count). The molecule has 0 radical (unpaired) electrons. The summed E-state index contributed by atoms with van der Waals surface area (Å²) in [6.07, 6.45) is 2.35. The Kier molecular flexibility index (Phi) is 5.17. The van der Waals surface area contributed by atoms with E-state index in [2.05, 4.69) is 9.99 Å². The number of pyridine rings is 1. The van der Waals surface area contributed by atoms with E-state index in [1.54, 1.807) is 29.9 Å². The van der Waals surface area contributed by atoms with Gasteiger partial charge in [0.05, 0.1) is 12.3 Å². The van der Waals surface area contributed by atoms with Gasteiger partial charge in [-0.3, -0.25) is 4.79 Å². The molecule has 0 spiro atoms. The van der Waals surface area contributed by atoms with Gasteiger partial charge in [-0.15, -0.1) is 0 Å². The summed E-state index contributed by atoms with van der Waals surface area (Å²) in [6.45, 7) is 0.880. The van der Waals surface area contributed by atoms with Crippen molar-refractivity contribution in [2.75, 3.05) is 13.2 Å². The Labute approximate surface area is 144 Å². The zero-order valence-corrected chi connectivity index (χ0v) is 14.0. The third-order valence-corrected chi connectivity index (χ3v) is 3.91. The van der Waals surface area contributed by atoms with Crippen LogP contribution in [-0.2, 0) is 11.9 Å². The van der Waals surface area contributed by atoms with Crippen molar-refractivity contribution >= 4 is 17.5 Å². The van der Waals surface area contributed by atoms with Crippen LogP contribution in [0.25, 0.3) is 11.1 Å². The third kappa shape index (κ3) is 3.77. The predicted octanol–water partition coefficient (Wildman–Crippen LogP) is 2.32. The lowest BCUT2D eigenvalue weighted by atomic mass is 10.1. The van der Waals surface area contributed by atoms with Crippen LogP contribution < -0.4 is 15.1 Å². The lowest BCUT2D eigenvalue weighted by molar-refractivity contribution is 0.0472. The van der Waals surface area contributed by atoms with Gasteiger partial charge in [0.1, 0.15) is 12.4 Å². The number of benzene rings is 1. The number of aromatic nitrogens is 1. The number of hydrogen-bond acceptors (Lipinski definition) is 5. The maximum Gasteiger partial charge on any atom is 0.250 e. The molecule has 1 aromatic carbocycles. The van der Waals surface area contributed by atoms with E-state index >= 15 is 0 Å². The minimum absolute atomic E-state index is 0.0471. The van der Waals surface area contributed by atoms with E-state index in [0.29, 0.717) is 19.6 Å². The van der Waals surface area contributed by atoms with E-state index < -0.39 is 0 Å². The smallest absolute Gasteiger partial charge is 0.250 e. The van der Waals surface area contributed by atoms with Crippen molar-refractivity contribution in [1.29, 1.82) is 0 Å². The van der Waals surface area contributed by atoms with Crippen molar-refractivity contribution in [3.63, 3.8) is 0 Å². The van der Waals surface area contributed by atoms with Gasteiger partial charge in [0.2, 0.25) is 5.56 Å². The number of rotatable bonds is 6. The zero-order valence-electron chi connectivity index (χ0n) is 13.2. The number of oxime groups is 1. The summed E-state index contributed by atoms with van der Waals surface area (Å²) in [6, 6.07) is 11.1. The molecule has 1 N–H and O–H groups in total.